The van der Waals surface area contributed by atoms with Gasteiger partial charge in [-0.25, -0.2) is 4.98 Å². The number of hydrogen-bond acceptors (Lipinski definition) is 3. The number of rotatable bonds is 4. The molecule has 0 radical (unpaired) electrons. The summed E-state index contributed by atoms with van der Waals surface area (Å²) in [5.41, 5.74) is 0.853. The molecular weight excluding hydrogens is 244 g/mol. The van der Waals surface area contributed by atoms with Gasteiger partial charge in [0.1, 0.15) is 5.01 Å². The first-order valence-electron chi connectivity index (χ1n) is 5.46. The van der Waals surface area contributed by atoms with Gasteiger partial charge in [0.2, 0.25) is 5.91 Å². The zero-order valence-electron chi connectivity index (χ0n) is 9.20. The van der Waals surface area contributed by atoms with Crippen LogP contribution in [0.2, 0.25) is 0 Å². The molecule has 1 heterocycles. The number of alkyl halides is 1. The van der Waals surface area contributed by atoms with Crippen molar-refractivity contribution in [1.29, 1.82) is 0 Å². The maximum Gasteiger partial charge on any atom is 0.227 e. The van der Waals surface area contributed by atoms with E-state index in [2.05, 4.69) is 17.2 Å². The SMILES string of the molecule is CC1CC(NC(=O)Cc2nc(CCl)cs2)C1. The van der Waals surface area contributed by atoms with Crippen LogP contribution in [0.15, 0.2) is 5.38 Å². The first-order chi connectivity index (χ1) is 7.67. The maximum absolute atomic E-state index is 11.6. The molecule has 1 saturated carbocycles. The van der Waals surface area contributed by atoms with Crippen molar-refractivity contribution < 1.29 is 4.79 Å². The molecule has 5 heteroatoms. The molecular formula is C11H15ClN2OS. The largest absolute Gasteiger partial charge is 0.353 e. The number of nitrogens with one attached hydrogen (secondary N) is 1. The van der Waals surface area contributed by atoms with Gasteiger partial charge in [-0.1, -0.05) is 6.92 Å². The van der Waals surface area contributed by atoms with Crippen LogP contribution in [0.3, 0.4) is 0 Å². The van der Waals surface area contributed by atoms with Crippen LogP contribution in [-0.2, 0) is 17.1 Å². The number of carbonyl (C=O) groups excluding carboxylic acids is 1. The number of hydrogen-bond donors (Lipinski definition) is 1. The molecule has 1 fully saturated rings. The Hall–Kier alpha value is -0.610. The lowest BCUT2D eigenvalue weighted by Gasteiger charge is -2.33. The van der Waals surface area contributed by atoms with E-state index in [1.54, 1.807) is 0 Å². The highest BCUT2D eigenvalue weighted by atomic mass is 35.5. The summed E-state index contributed by atoms with van der Waals surface area (Å²) in [7, 11) is 0. The van der Waals surface area contributed by atoms with E-state index in [1.807, 2.05) is 5.38 Å². The zero-order chi connectivity index (χ0) is 11.5. The summed E-state index contributed by atoms with van der Waals surface area (Å²) in [6.07, 6.45) is 2.60. The van der Waals surface area contributed by atoms with E-state index in [-0.39, 0.29) is 5.91 Å². The molecule has 1 aromatic rings. The van der Waals surface area contributed by atoms with Crippen LogP contribution in [0.4, 0.5) is 0 Å². The van der Waals surface area contributed by atoms with E-state index in [0.29, 0.717) is 18.3 Å². The number of thiazole rings is 1. The molecule has 16 heavy (non-hydrogen) atoms. The summed E-state index contributed by atoms with van der Waals surface area (Å²) in [6, 6.07) is 0.384. The molecule has 3 nitrogen and oxygen atoms in total. The monoisotopic (exact) mass is 258 g/mol. The number of halogens is 1. The van der Waals surface area contributed by atoms with Crippen LogP contribution in [0.5, 0.6) is 0 Å². The molecule has 0 saturated heterocycles. The van der Waals surface area contributed by atoms with Crippen molar-refractivity contribution in [3.8, 4) is 0 Å². The lowest BCUT2D eigenvalue weighted by atomic mass is 9.82. The molecule has 0 aliphatic heterocycles. The van der Waals surface area contributed by atoms with Crippen LogP contribution in [0.1, 0.15) is 30.5 Å². The van der Waals surface area contributed by atoms with E-state index in [1.165, 1.54) is 11.3 Å². The Balaban J connectivity index is 1.78. The summed E-state index contributed by atoms with van der Waals surface area (Å²) < 4.78 is 0. The zero-order valence-corrected chi connectivity index (χ0v) is 10.8. The quantitative estimate of drug-likeness (QED) is 0.843. The van der Waals surface area contributed by atoms with Gasteiger partial charge in [-0.3, -0.25) is 4.79 Å². The van der Waals surface area contributed by atoms with Gasteiger partial charge in [0, 0.05) is 11.4 Å². The average molecular weight is 259 g/mol. The number of amides is 1. The molecule has 0 atom stereocenters. The summed E-state index contributed by atoms with van der Waals surface area (Å²) in [6.45, 7) is 2.20. The lowest BCUT2D eigenvalue weighted by Crippen LogP contribution is -2.43. The Kier molecular flexibility index (Phi) is 3.82. The normalized spacial score (nSPS) is 23.9. The minimum absolute atomic E-state index is 0.0763. The van der Waals surface area contributed by atoms with Gasteiger partial charge >= 0.3 is 0 Å². The molecule has 2 rings (SSSR count). The number of carbonyl (C=O) groups is 1. The Bertz CT molecular complexity index is 374. The minimum atomic E-state index is 0.0763. The average Bonchev–Trinajstić information content (AvgIpc) is 2.63. The van der Waals surface area contributed by atoms with Crippen molar-refractivity contribution in [2.75, 3.05) is 0 Å². The standard InChI is InChI=1S/C11H15ClN2OS/c1-7-2-8(3-7)13-10(15)4-11-14-9(5-12)6-16-11/h6-8H,2-5H2,1H3,(H,13,15). The Labute approximate surface area is 104 Å². The smallest absolute Gasteiger partial charge is 0.227 e. The predicted octanol–water partition coefficient (Wildman–Crippen LogP) is 2.34. The van der Waals surface area contributed by atoms with Gasteiger partial charge in [-0.05, 0) is 18.8 Å². The number of aromatic nitrogens is 1. The molecule has 1 aromatic heterocycles. The van der Waals surface area contributed by atoms with E-state index < -0.39 is 0 Å². The summed E-state index contributed by atoms with van der Waals surface area (Å²) >= 11 is 7.15. The molecule has 1 aliphatic carbocycles. The third-order valence-electron chi connectivity index (χ3n) is 2.79. The fraction of sp³-hybridized carbons (Fsp3) is 0.636. The van der Waals surface area contributed by atoms with Crippen molar-refractivity contribution in [3.05, 3.63) is 16.1 Å². The minimum Gasteiger partial charge on any atom is -0.353 e. The second-order valence-corrected chi connectivity index (χ2v) is 5.59. The topological polar surface area (TPSA) is 42.0 Å². The maximum atomic E-state index is 11.6. The summed E-state index contributed by atoms with van der Waals surface area (Å²) in [4.78, 5) is 15.9. The Morgan fingerprint density at radius 1 is 1.69 bits per heavy atom. The highest BCUT2D eigenvalue weighted by molar-refractivity contribution is 7.09. The third kappa shape index (κ3) is 2.95. The Morgan fingerprint density at radius 3 is 3.00 bits per heavy atom. The first kappa shape index (κ1) is 11.9. The molecule has 0 aromatic carbocycles. The third-order valence-corrected chi connectivity index (χ3v) is 3.96. The summed E-state index contributed by atoms with van der Waals surface area (Å²) in [5, 5.41) is 5.77. The second-order valence-electron chi connectivity index (χ2n) is 4.38. The Morgan fingerprint density at radius 2 is 2.44 bits per heavy atom. The molecule has 1 amide bonds. The van der Waals surface area contributed by atoms with Crippen molar-refractivity contribution in [1.82, 2.24) is 10.3 Å². The molecule has 0 spiro atoms. The molecule has 1 aliphatic rings. The highest BCUT2D eigenvalue weighted by Crippen LogP contribution is 2.26. The fourth-order valence-electron chi connectivity index (χ4n) is 1.93. The van der Waals surface area contributed by atoms with E-state index in [4.69, 9.17) is 11.6 Å². The molecule has 88 valence electrons. The van der Waals surface area contributed by atoms with Gasteiger partial charge in [0.05, 0.1) is 18.0 Å². The van der Waals surface area contributed by atoms with Crippen molar-refractivity contribution in [2.24, 2.45) is 5.92 Å². The lowest BCUT2D eigenvalue weighted by molar-refractivity contribution is -0.121. The molecule has 0 bridgehead atoms. The van der Waals surface area contributed by atoms with Crippen molar-refractivity contribution >= 4 is 28.8 Å². The second kappa shape index (κ2) is 5.15. The van der Waals surface area contributed by atoms with Crippen molar-refractivity contribution in [2.45, 2.75) is 38.1 Å². The van der Waals surface area contributed by atoms with Gasteiger partial charge < -0.3 is 5.32 Å². The van der Waals surface area contributed by atoms with Crippen LogP contribution >= 0.6 is 22.9 Å². The first-order valence-corrected chi connectivity index (χ1v) is 6.87. The van der Waals surface area contributed by atoms with E-state index >= 15 is 0 Å². The van der Waals surface area contributed by atoms with Gasteiger partial charge in [-0.2, -0.15) is 0 Å². The van der Waals surface area contributed by atoms with Crippen LogP contribution in [-0.4, -0.2) is 16.9 Å². The molecule has 1 N–H and O–H groups in total. The summed E-state index contributed by atoms with van der Waals surface area (Å²) in [5.74, 6) is 1.25. The van der Waals surface area contributed by atoms with Gasteiger partial charge in [0.15, 0.2) is 0 Å². The van der Waals surface area contributed by atoms with Gasteiger partial charge in [0.25, 0.3) is 0 Å². The van der Waals surface area contributed by atoms with E-state index in [0.717, 1.165) is 29.5 Å². The fourth-order valence-corrected chi connectivity index (χ4v) is 2.95. The molecule has 0 unspecified atom stereocenters. The predicted molar refractivity (Wildman–Crippen MR) is 65.7 cm³/mol. The van der Waals surface area contributed by atoms with Gasteiger partial charge in [-0.15, -0.1) is 22.9 Å². The van der Waals surface area contributed by atoms with Crippen molar-refractivity contribution in [3.63, 3.8) is 0 Å². The van der Waals surface area contributed by atoms with Crippen LogP contribution in [0, 0.1) is 5.92 Å². The number of nitrogens with zero attached hydrogens (tertiary/aromatic N) is 1. The van der Waals surface area contributed by atoms with Crippen LogP contribution < -0.4 is 5.32 Å². The highest BCUT2D eigenvalue weighted by Gasteiger charge is 2.26. The van der Waals surface area contributed by atoms with Crippen LogP contribution in [0.25, 0.3) is 0 Å². The van der Waals surface area contributed by atoms with E-state index in [9.17, 15) is 4.79 Å².